The van der Waals surface area contributed by atoms with Crippen molar-refractivity contribution >= 4 is 25.3 Å². The van der Waals surface area contributed by atoms with Crippen LogP contribution in [0.1, 0.15) is 12.5 Å². The molecule has 0 fully saturated rings. The molecular weight excluding hydrogens is 176 g/mol. The van der Waals surface area contributed by atoms with E-state index < -0.39 is 0 Å². The molecule has 0 unspecified atom stereocenters. The lowest BCUT2D eigenvalue weighted by molar-refractivity contribution is 0.465. The van der Waals surface area contributed by atoms with Crippen molar-refractivity contribution in [2.75, 3.05) is 0 Å². The summed E-state index contributed by atoms with van der Waals surface area (Å²) in [6.45, 7) is 1.97. The molecule has 0 aliphatic carbocycles. The summed E-state index contributed by atoms with van der Waals surface area (Å²) in [5.41, 5.74) is 0.862. The standard InChI is InChI=1S/C8H10OS2/c1-2-5-6(9)3-4-7(10)8(5)11/h3-4,9-11H,2H2,1H3. The highest BCUT2D eigenvalue weighted by Crippen LogP contribution is 2.29. The van der Waals surface area contributed by atoms with E-state index in [9.17, 15) is 5.11 Å². The maximum atomic E-state index is 9.33. The van der Waals surface area contributed by atoms with Crippen LogP contribution in [0.5, 0.6) is 5.75 Å². The van der Waals surface area contributed by atoms with Crippen LogP contribution in [0, 0.1) is 0 Å². The van der Waals surface area contributed by atoms with Gasteiger partial charge in [0.1, 0.15) is 5.75 Å². The molecule has 0 saturated heterocycles. The quantitative estimate of drug-likeness (QED) is 0.576. The predicted octanol–water partition coefficient (Wildman–Crippen LogP) is 2.53. The smallest absolute Gasteiger partial charge is 0.119 e. The molecule has 0 radical (unpaired) electrons. The molecule has 1 rings (SSSR count). The lowest BCUT2D eigenvalue weighted by Crippen LogP contribution is -1.85. The molecule has 0 heterocycles. The molecule has 60 valence electrons. The van der Waals surface area contributed by atoms with Crippen molar-refractivity contribution in [2.24, 2.45) is 0 Å². The molecule has 0 saturated carbocycles. The summed E-state index contributed by atoms with van der Waals surface area (Å²) in [4.78, 5) is 1.58. The molecule has 0 aromatic heterocycles. The molecular formula is C8H10OS2. The largest absolute Gasteiger partial charge is 0.508 e. The van der Waals surface area contributed by atoms with E-state index in [1.54, 1.807) is 12.1 Å². The van der Waals surface area contributed by atoms with Crippen LogP contribution in [0.4, 0.5) is 0 Å². The molecule has 1 N–H and O–H groups in total. The minimum absolute atomic E-state index is 0.301. The molecule has 0 aliphatic rings. The summed E-state index contributed by atoms with van der Waals surface area (Å²) in [6, 6.07) is 3.38. The average molecular weight is 186 g/mol. The zero-order chi connectivity index (χ0) is 8.43. The molecule has 0 amide bonds. The van der Waals surface area contributed by atoms with E-state index in [-0.39, 0.29) is 0 Å². The van der Waals surface area contributed by atoms with E-state index in [1.807, 2.05) is 6.92 Å². The number of phenols is 1. The highest BCUT2D eigenvalue weighted by Gasteiger charge is 2.05. The molecule has 0 atom stereocenters. The first-order valence-electron chi connectivity index (χ1n) is 3.39. The maximum absolute atomic E-state index is 9.33. The van der Waals surface area contributed by atoms with E-state index in [0.717, 1.165) is 21.8 Å². The van der Waals surface area contributed by atoms with Crippen LogP contribution in [0.3, 0.4) is 0 Å². The lowest BCUT2D eigenvalue weighted by Gasteiger charge is -2.06. The predicted molar refractivity (Wildman–Crippen MR) is 52.0 cm³/mol. The average Bonchev–Trinajstić information content (AvgIpc) is 1.99. The number of hydrogen-bond acceptors (Lipinski definition) is 3. The van der Waals surface area contributed by atoms with E-state index in [2.05, 4.69) is 25.3 Å². The molecule has 11 heavy (non-hydrogen) atoms. The topological polar surface area (TPSA) is 20.2 Å². The van der Waals surface area contributed by atoms with Gasteiger partial charge < -0.3 is 5.11 Å². The van der Waals surface area contributed by atoms with Gasteiger partial charge in [-0.05, 0) is 18.6 Å². The Morgan fingerprint density at radius 1 is 1.36 bits per heavy atom. The van der Waals surface area contributed by atoms with E-state index in [1.165, 1.54) is 0 Å². The highest BCUT2D eigenvalue weighted by atomic mass is 32.1. The number of rotatable bonds is 1. The van der Waals surface area contributed by atoms with Gasteiger partial charge in [-0.3, -0.25) is 0 Å². The number of benzene rings is 1. The number of thiol groups is 2. The molecule has 3 heteroatoms. The van der Waals surface area contributed by atoms with Gasteiger partial charge in [0.15, 0.2) is 0 Å². The van der Waals surface area contributed by atoms with Gasteiger partial charge in [0, 0.05) is 15.4 Å². The molecule has 1 nitrogen and oxygen atoms in total. The summed E-state index contributed by atoms with van der Waals surface area (Å²) < 4.78 is 0. The SMILES string of the molecule is CCc1c(O)ccc(S)c1S. The van der Waals surface area contributed by atoms with Gasteiger partial charge in [0.25, 0.3) is 0 Å². The molecule has 0 aliphatic heterocycles. The Kier molecular flexibility index (Phi) is 2.73. The van der Waals surface area contributed by atoms with E-state index >= 15 is 0 Å². The monoisotopic (exact) mass is 186 g/mol. The fourth-order valence-corrected chi connectivity index (χ4v) is 1.52. The van der Waals surface area contributed by atoms with Crippen molar-refractivity contribution < 1.29 is 5.11 Å². The van der Waals surface area contributed by atoms with Crippen molar-refractivity contribution in [1.29, 1.82) is 0 Å². The fraction of sp³-hybridized carbons (Fsp3) is 0.250. The summed E-state index contributed by atoms with van der Waals surface area (Å²) in [7, 11) is 0. The minimum Gasteiger partial charge on any atom is -0.508 e. The van der Waals surface area contributed by atoms with Crippen LogP contribution in [-0.4, -0.2) is 5.11 Å². The Hall–Kier alpha value is -0.280. The van der Waals surface area contributed by atoms with Crippen LogP contribution >= 0.6 is 25.3 Å². The Labute approximate surface area is 77.3 Å². The highest BCUT2D eigenvalue weighted by molar-refractivity contribution is 7.83. The van der Waals surface area contributed by atoms with Crippen molar-refractivity contribution in [3.63, 3.8) is 0 Å². The van der Waals surface area contributed by atoms with Crippen LogP contribution in [0.15, 0.2) is 21.9 Å². The molecule has 1 aromatic rings. The minimum atomic E-state index is 0.301. The second kappa shape index (κ2) is 3.41. The maximum Gasteiger partial charge on any atom is 0.119 e. The number of hydrogen-bond donors (Lipinski definition) is 3. The zero-order valence-electron chi connectivity index (χ0n) is 6.20. The molecule has 0 spiro atoms. The Balaban J connectivity index is 3.29. The third kappa shape index (κ3) is 1.65. The van der Waals surface area contributed by atoms with Gasteiger partial charge in [0.05, 0.1) is 0 Å². The van der Waals surface area contributed by atoms with Gasteiger partial charge in [0.2, 0.25) is 0 Å². The van der Waals surface area contributed by atoms with Crippen molar-refractivity contribution in [2.45, 2.75) is 23.1 Å². The Morgan fingerprint density at radius 2 is 2.00 bits per heavy atom. The van der Waals surface area contributed by atoms with E-state index in [4.69, 9.17) is 0 Å². The summed E-state index contributed by atoms with van der Waals surface area (Å²) >= 11 is 8.41. The number of aromatic hydroxyl groups is 1. The van der Waals surface area contributed by atoms with Crippen LogP contribution in [0.2, 0.25) is 0 Å². The Morgan fingerprint density at radius 3 is 2.45 bits per heavy atom. The van der Waals surface area contributed by atoms with Gasteiger partial charge in [-0.15, -0.1) is 25.3 Å². The van der Waals surface area contributed by atoms with Crippen molar-refractivity contribution in [3.05, 3.63) is 17.7 Å². The fourth-order valence-electron chi connectivity index (χ4n) is 0.962. The summed E-state index contributed by atoms with van der Waals surface area (Å²) in [6.07, 6.45) is 0.777. The van der Waals surface area contributed by atoms with Crippen LogP contribution in [0.25, 0.3) is 0 Å². The zero-order valence-corrected chi connectivity index (χ0v) is 7.99. The van der Waals surface area contributed by atoms with Gasteiger partial charge in [-0.1, -0.05) is 6.92 Å². The summed E-state index contributed by atoms with van der Waals surface area (Å²) in [5.74, 6) is 0.301. The Bertz CT molecular complexity index is 271. The second-order valence-corrected chi connectivity index (χ2v) is 3.21. The van der Waals surface area contributed by atoms with Crippen molar-refractivity contribution in [3.8, 4) is 5.75 Å². The first-order valence-corrected chi connectivity index (χ1v) is 4.29. The van der Waals surface area contributed by atoms with Crippen LogP contribution in [-0.2, 0) is 6.42 Å². The van der Waals surface area contributed by atoms with Crippen molar-refractivity contribution in [1.82, 2.24) is 0 Å². The van der Waals surface area contributed by atoms with Crippen LogP contribution < -0.4 is 0 Å². The first kappa shape index (κ1) is 8.81. The first-order chi connectivity index (χ1) is 5.16. The van der Waals surface area contributed by atoms with Gasteiger partial charge in [-0.25, -0.2) is 0 Å². The summed E-state index contributed by atoms with van der Waals surface area (Å²) in [5, 5.41) is 9.33. The van der Waals surface area contributed by atoms with Gasteiger partial charge >= 0.3 is 0 Å². The lowest BCUT2D eigenvalue weighted by atomic mass is 10.1. The van der Waals surface area contributed by atoms with E-state index in [0.29, 0.717) is 5.75 Å². The van der Waals surface area contributed by atoms with Gasteiger partial charge in [-0.2, -0.15) is 0 Å². The number of phenolic OH excluding ortho intramolecular Hbond substituents is 1. The molecule has 0 bridgehead atoms. The third-order valence-electron chi connectivity index (χ3n) is 1.59. The second-order valence-electron chi connectivity index (χ2n) is 2.28. The molecule has 1 aromatic carbocycles. The third-order valence-corrected chi connectivity index (χ3v) is 2.65. The normalized spacial score (nSPS) is 10.1.